The summed E-state index contributed by atoms with van der Waals surface area (Å²) in [7, 11) is -1.84. The first-order valence-electron chi connectivity index (χ1n) is 9.65. The number of rotatable bonds is 5. The molecule has 0 saturated carbocycles. The van der Waals surface area contributed by atoms with Gasteiger partial charge < -0.3 is 10.2 Å². The molecule has 1 aromatic heterocycles. The predicted molar refractivity (Wildman–Crippen MR) is 128 cm³/mol. The summed E-state index contributed by atoms with van der Waals surface area (Å²) in [6.07, 6.45) is 1.22. The van der Waals surface area contributed by atoms with Crippen molar-refractivity contribution in [2.75, 3.05) is 23.6 Å². The highest BCUT2D eigenvalue weighted by Gasteiger charge is 2.27. The molecule has 1 atom stereocenters. The standard InChI is InChI=1S/C21H20Cl2N4O3S2/c1-12(28)25-21-24-9-20(31-21)32(29,30)26-15-5-3-4-13(6-15)17-10-27(2)11-18-16(17)7-14(22)8-19(18)23/h3-9,17,26H,10-11H2,1-2H3,(H,24,25,28). The topological polar surface area (TPSA) is 91.4 Å². The summed E-state index contributed by atoms with van der Waals surface area (Å²) < 4.78 is 28.3. The van der Waals surface area contributed by atoms with Gasteiger partial charge in [0.1, 0.15) is 0 Å². The van der Waals surface area contributed by atoms with Gasteiger partial charge in [0.15, 0.2) is 9.34 Å². The summed E-state index contributed by atoms with van der Waals surface area (Å²) in [6.45, 7) is 2.80. The van der Waals surface area contributed by atoms with Gasteiger partial charge in [-0.3, -0.25) is 9.52 Å². The number of amides is 1. The lowest BCUT2D eigenvalue weighted by Gasteiger charge is -2.33. The minimum Gasteiger partial charge on any atom is -0.302 e. The van der Waals surface area contributed by atoms with Gasteiger partial charge in [-0.05, 0) is 48.0 Å². The number of benzene rings is 2. The Morgan fingerprint density at radius 2 is 2.03 bits per heavy atom. The molecular formula is C21H20Cl2N4O3S2. The number of nitrogens with one attached hydrogen (secondary N) is 2. The van der Waals surface area contributed by atoms with Gasteiger partial charge in [0.25, 0.3) is 10.0 Å². The van der Waals surface area contributed by atoms with Gasteiger partial charge in [-0.1, -0.05) is 46.7 Å². The van der Waals surface area contributed by atoms with Crippen LogP contribution in [-0.4, -0.2) is 37.8 Å². The molecule has 1 unspecified atom stereocenters. The third-order valence-electron chi connectivity index (χ3n) is 5.07. The van der Waals surface area contributed by atoms with E-state index in [2.05, 4.69) is 19.9 Å². The van der Waals surface area contributed by atoms with Crippen LogP contribution >= 0.6 is 34.5 Å². The van der Waals surface area contributed by atoms with Crippen LogP contribution < -0.4 is 10.0 Å². The van der Waals surface area contributed by atoms with Gasteiger partial charge >= 0.3 is 0 Å². The van der Waals surface area contributed by atoms with Crippen LogP contribution in [0.15, 0.2) is 46.8 Å². The number of thiazole rings is 1. The number of nitrogens with zero attached hydrogens (tertiary/aromatic N) is 2. The lowest BCUT2D eigenvalue weighted by Crippen LogP contribution is -2.31. The molecule has 2 N–H and O–H groups in total. The van der Waals surface area contributed by atoms with Crippen molar-refractivity contribution < 1.29 is 13.2 Å². The molecular weight excluding hydrogens is 491 g/mol. The number of fused-ring (bicyclic) bond motifs is 1. The largest absolute Gasteiger partial charge is 0.302 e. The van der Waals surface area contributed by atoms with E-state index in [0.29, 0.717) is 15.7 Å². The summed E-state index contributed by atoms with van der Waals surface area (Å²) >= 11 is 13.6. The maximum Gasteiger partial charge on any atom is 0.273 e. The number of likely N-dealkylation sites (N-methyl/N-ethyl adjacent to an activating group) is 1. The normalized spacial score (nSPS) is 16.4. The van der Waals surface area contributed by atoms with Crippen molar-refractivity contribution in [2.45, 2.75) is 23.6 Å². The minimum atomic E-state index is -3.86. The summed E-state index contributed by atoms with van der Waals surface area (Å²) in [5, 5.41) is 3.91. The van der Waals surface area contributed by atoms with Crippen LogP contribution in [-0.2, 0) is 21.4 Å². The zero-order chi connectivity index (χ0) is 23.0. The molecule has 1 aliphatic rings. The van der Waals surface area contributed by atoms with Crippen molar-refractivity contribution in [2.24, 2.45) is 0 Å². The Bertz CT molecular complexity index is 1290. The second-order valence-corrected chi connectivity index (χ2v) is 11.4. The Balaban J connectivity index is 1.64. The van der Waals surface area contributed by atoms with Crippen LogP contribution in [0, 0.1) is 0 Å². The molecule has 0 saturated heterocycles. The van der Waals surface area contributed by atoms with Gasteiger partial charge in [0.2, 0.25) is 5.91 Å². The second-order valence-electron chi connectivity index (χ2n) is 7.60. The first kappa shape index (κ1) is 23.0. The highest BCUT2D eigenvalue weighted by atomic mass is 35.5. The molecule has 32 heavy (non-hydrogen) atoms. The number of anilines is 2. The van der Waals surface area contributed by atoms with Crippen LogP contribution in [0.3, 0.4) is 0 Å². The summed E-state index contributed by atoms with van der Waals surface area (Å²) in [4.78, 5) is 17.3. The SMILES string of the molecule is CC(=O)Nc1ncc(S(=O)(=O)Nc2cccc(C3CN(C)Cc4c(Cl)cc(Cl)cc43)c2)s1. The fraction of sp³-hybridized carbons (Fsp3) is 0.238. The van der Waals surface area contributed by atoms with Crippen LogP contribution in [0.2, 0.25) is 10.0 Å². The maximum atomic E-state index is 12.8. The number of aromatic nitrogens is 1. The first-order valence-corrected chi connectivity index (χ1v) is 12.7. The van der Waals surface area contributed by atoms with E-state index in [9.17, 15) is 13.2 Å². The van der Waals surface area contributed by atoms with Crippen molar-refractivity contribution in [3.8, 4) is 0 Å². The molecule has 1 aliphatic heterocycles. The molecule has 2 heterocycles. The zero-order valence-electron chi connectivity index (χ0n) is 17.2. The number of halogens is 2. The Morgan fingerprint density at radius 3 is 2.78 bits per heavy atom. The van der Waals surface area contributed by atoms with Crippen LogP contribution in [0.5, 0.6) is 0 Å². The Labute approximate surface area is 200 Å². The van der Waals surface area contributed by atoms with E-state index in [1.54, 1.807) is 12.1 Å². The van der Waals surface area contributed by atoms with E-state index >= 15 is 0 Å². The monoisotopic (exact) mass is 510 g/mol. The molecule has 11 heteroatoms. The van der Waals surface area contributed by atoms with Crippen molar-refractivity contribution >= 4 is 61.3 Å². The second kappa shape index (κ2) is 8.99. The van der Waals surface area contributed by atoms with E-state index in [1.165, 1.54) is 13.1 Å². The van der Waals surface area contributed by atoms with Crippen molar-refractivity contribution in [1.29, 1.82) is 0 Å². The number of sulfonamides is 1. The highest BCUT2D eigenvalue weighted by Crippen LogP contribution is 2.39. The lowest BCUT2D eigenvalue weighted by atomic mass is 9.84. The molecule has 168 valence electrons. The van der Waals surface area contributed by atoms with Crippen molar-refractivity contribution in [3.05, 3.63) is 69.3 Å². The molecule has 0 bridgehead atoms. The number of hydrogen-bond donors (Lipinski definition) is 2. The van der Waals surface area contributed by atoms with Crippen molar-refractivity contribution in [1.82, 2.24) is 9.88 Å². The Hall–Kier alpha value is -2.17. The third kappa shape index (κ3) is 4.92. The molecule has 1 amide bonds. The molecule has 3 aromatic rings. The predicted octanol–water partition coefficient (Wildman–Crippen LogP) is 4.79. The molecule has 0 fully saturated rings. The lowest BCUT2D eigenvalue weighted by molar-refractivity contribution is -0.114. The van der Waals surface area contributed by atoms with Crippen LogP contribution in [0.1, 0.15) is 29.5 Å². The molecule has 7 nitrogen and oxygen atoms in total. The number of carbonyl (C=O) groups excluding carboxylic acids is 1. The average molecular weight is 511 g/mol. The summed E-state index contributed by atoms with van der Waals surface area (Å²) in [5.41, 5.74) is 3.44. The fourth-order valence-corrected chi connectivity index (χ4v) is 6.44. The average Bonchev–Trinajstić information content (AvgIpc) is 3.17. The smallest absolute Gasteiger partial charge is 0.273 e. The number of hydrogen-bond acceptors (Lipinski definition) is 6. The van der Waals surface area contributed by atoms with E-state index in [4.69, 9.17) is 23.2 Å². The van der Waals surface area contributed by atoms with Crippen LogP contribution in [0.4, 0.5) is 10.8 Å². The maximum absolute atomic E-state index is 12.8. The first-order chi connectivity index (χ1) is 15.1. The molecule has 0 spiro atoms. The van der Waals surface area contributed by atoms with Gasteiger partial charge in [0.05, 0.1) is 6.20 Å². The molecule has 0 aliphatic carbocycles. The minimum absolute atomic E-state index is 0.00737. The Kier molecular flexibility index (Phi) is 6.46. The van der Waals surface area contributed by atoms with Gasteiger partial charge in [-0.2, -0.15) is 0 Å². The van der Waals surface area contributed by atoms with E-state index in [-0.39, 0.29) is 21.2 Å². The third-order valence-corrected chi connectivity index (χ3v) is 8.38. The van der Waals surface area contributed by atoms with E-state index in [1.807, 2.05) is 31.3 Å². The van der Waals surface area contributed by atoms with Crippen molar-refractivity contribution in [3.63, 3.8) is 0 Å². The van der Waals surface area contributed by atoms with Crippen LogP contribution in [0.25, 0.3) is 0 Å². The summed E-state index contributed by atoms with van der Waals surface area (Å²) in [6, 6.07) is 10.9. The highest BCUT2D eigenvalue weighted by molar-refractivity contribution is 7.94. The quantitative estimate of drug-likeness (QED) is 0.514. The number of carbonyl (C=O) groups is 1. The molecule has 2 aromatic carbocycles. The zero-order valence-corrected chi connectivity index (χ0v) is 20.4. The van der Waals surface area contributed by atoms with Gasteiger partial charge in [-0.15, -0.1) is 0 Å². The summed E-state index contributed by atoms with van der Waals surface area (Å²) in [5.74, 6) is -0.332. The molecule has 0 radical (unpaired) electrons. The van der Waals surface area contributed by atoms with E-state index in [0.717, 1.165) is 41.1 Å². The Morgan fingerprint density at radius 1 is 1.25 bits per heavy atom. The van der Waals surface area contributed by atoms with Gasteiger partial charge in [-0.25, -0.2) is 13.4 Å². The van der Waals surface area contributed by atoms with Gasteiger partial charge in [0, 0.05) is 41.7 Å². The molecule has 4 rings (SSSR count). The fourth-order valence-electron chi connectivity index (χ4n) is 3.75. The van der Waals surface area contributed by atoms with E-state index < -0.39 is 10.0 Å².